The van der Waals surface area contributed by atoms with Crippen molar-refractivity contribution in [3.05, 3.63) is 93.0 Å². The largest absolute Gasteiger partial charge is 0.465 e. The molecule has 1 saturated carbocycles. The molecule has 184 valence electrons. The maximum atomic E-state index is 14.2. The molecule has 0 radical (unpaired) electrons. The lowest BCUT2D eigenvalue weighted by Gasteiger charge is -2.29. The van der Waals surface area contributed by atoms with Crippen LogP contribution in [0.1, 0.15) is 37.3 Å². The first kappa shape index (κ1) is 23.5. The molecule has 2 aromatic heterocycles. The summed E-state index contributed by atoms with van der Waals surface area (Å²) >= 11 is 0. The topological polar surface area (TPSA) is 106 Å². The molecule has 0 bridgehead atoms. The fourth-order valence-electron chi connectivity index (χ4n) is 5.10. The van der Waals surface area contributed by atoms with E-state index in [9.17, 15) is 18.8 Å². The van der Waals surface area contributed by atoms with E-state index in [2.05, 4.69) is 10.3 Å². The first-order chi connectivity index (χ1) is 17.3. The summed E-state index contributed by atoms with van der Waals surface area (Å²) in [5.41, 5.74) is 2.43. The fraction of sp³-hybridized carbons (Fsp3) is 0.259. The molecular weight excluding hydrogens is 463 g/mol. The maximum Gasteiger partial charge on any atom is 0.404 e. The van der Waals surface area contributed by atoms with Crippen LogP contribution < -0.4 is 16.6 Å². The lowest BCUT2D eigenvalue weighted by atomic mass is 9.91. The monoisotopic (exact) mass is 488 g/mol. The minimum Gasteiger partial charge on any atom is -0.465 e. The summed E-state index contributed by atoms with van der Waals surface area (Å²) in [4.78, 5) is 42.4. The van der Waals surface area contributed by atoms with Crippen molar-refractivity contribution in [3.8, 4) is 16.8 Å². The van der Waals surface area contributed by atoms with Crippen molar-refractivity contribution in [3.63, 3.8) is 0 Å². The number of amides is 1. The van der Waals surface area contributed by atoms with Crippen molar-refractivity contribution < 1.29 is 14.3 Å². The van der Waals surface area contributed by atoms with Crippen LogP contribution in [0.25, 0.3) is 27.8 Å². The number of aryl methyl sites for hydroxylation is 1. The van der Waals surface area contributed by atoms with Crippen molar-refractivity contribution in [1.29, 1.82) is 0 Å². The Morgan fingerprint density at radius 1 is 1.06 bits per heavy atom. The minimum absolute atomic E-state index is 0.0154. The van der Waals surface area contributed by atoms with Crippen LogP contribution in [0, 0.1) is 12.7 Å². The second-order valence-electron chi connectivity index (χ2n) is 9.14. The first-order valence-corrected chi connectivity index (χ1v) is 11.8. The van der Waals surface area contributed by atoms with Gasteiger partial charge in [0.1, 0.15) is 5.82 Å². The number of carboxylic acid groups (broad SMARTS) is 1. The summed E-state index contributed by atoms with van der Waals surface area (Å²) in [5, 5.41) is 11.5. The Morgan fingerprint density at radius 3 is 2.53 bits per heavy atom. The highest BCUT2D eigenvalue weighted by Crippen LogP contribution is 2.28. The molecule has 2 N–H and O–H groups in total. The molecule has 1 aliphatic carbocycles. The summed E-state index contributed by atoms with van der Waals surface area (Å²) in [5.74, 6) is -0.667. The molecule has 1 amide bonds. The van der Waals surface area contributed by atoms with Gasteiger partial charge in [-0.15, -0.1) is 0 Å². The van der Waals surface area contributed by atoms with Crippen molar-refractivity contribution in [2.24, 2.45) is 0 Å². The fourth-order valence-corrected chi connectivity index (χ4v) is 5.10. The average molecular weight is 489 g/mol. The summed E-state index contributed by atoms with van der Waals surface area (Å²) in [6, 6.07) is 15.7. The third kappa shape index (κ3) is 4.28. The molecular formula is C27H25FN4O4. The van der Waals surface area contributed by atoms with Crippen LogP contribution >= 0.6 is 0 Å². The molecule has 0 saturated heterocycles. The molecule has 4 aromatic rings. The zero-order chi connectivity index (χ0) is 25.4. The Bertz CT molecular complexity index is 1590. The normalized spacial score (nSPS) is 17.7. The first-order valence-electron chi connectivity index (χ1n) is 11.8. The van der Waals surface area contributed by atoms with Crippen LogP contribution in [0.15, 0.2) is 70.4 Å². The average Bonchev–Trinajstić information content (AvgIpc) is 2.86. The molecule has 36 heavy (non-hydrogen) atoms. The molecule has 0 atom stereocenters. The predicted molar refractivity (Wildman–Crippen MR) is 134 cm³/mol. The van der Waals surface area contributed by atoms with E-state index in [0.717, 1.165) is 29.0 Å². The van der Waals surface area contributed by atoms with Crippen LogP contribution in [0.2, 0.25) is 0 Å². The highest BCUT2D eigenvalue weighted by molar-refractivity contribution is 5.77. The van der Waals surface area contributed by atoms with Gasteiger partial charge in [0, 0.05) is 12.1 Å². The van der Waals surface area contributed by atoms with Gasteiger partial charge in [0.15, 0.2) is 5.65 Å². The number of benzene rings is 2. The van der Waals surface area contributed by atoms with E-state index in [1.807, 2.05) is 49.4 Å². The number of rotatable bonds is 4. The van der Waals surface area contributed by atoms with Gasteiger partial charge >= 0.3 is 11.8 Å². The maximum absolute atomic E-state index is 14.2. The van der Waals surface area contributed by atoms with Gasteiger partial charge in [-0.05, 0) is 67.5 Å². The van der Waals surface area contributed by atoms with Gasteiger partial charge in [-0.3, -0.25) is 9.36 Å². The third-order valence-corrected chi connectivity index (χ3v) is 6.84. The van der Waals surface area contributed by atoms with E-state index in [0.29, 0.717) is 31.4 Å². The standard InChI is InChI=1S/C27H25FN4O4/c1-16-5-2-3-8-22(16)17-6-4-7-21(13-17)31-24-23(14-18(28)15-29-24)25(33)32(27(31)36)20-11-9-19(10-12-20)30-26(34)35/h2-8,13-15,19-20,30H,9-12H2,1H3,(H,34,35)/t19-,20+. The van der Waals surface area contributed by atoms with Crippen molar-refractivity contribution >= 4 is 17.1 Å². The number of halogens is 1. The number of aromatic nitrogens is 3. The number of hydrogen-bond donors (Lipinski definition) is 2. The molecule has 0 unspecified atom stereocenters. The second-order valence-corrected chi connectivity index (χ2v) is 9.14. The van der Waals surface area contributed by atoms with Crippen molar-refractivity contribution in [2.45, 2.75) is 44.7 Å². The van der Waals surface area contributed by atoms with Crippen LogP contribution in [-0.4, -0.2) is 31.4 Å². The molecule has 5 rings (SSSR count). The molecule has 0 spiro atoms. The summed E-state index contributed by atoms with van der Waals surface area (Å²) in [6.45, 7) is 2.00. The highest BCUT2D eigenvalue weighted by Gasteiger charge is 2.28. The van der Waals surface area contributed by atoms with E-state index in [1.165, 1.54) is 9.13 Å². The summed E-state index contributed by atoms with van der Waals surface area (Å²) in [6.07, 6.45) is 1.76. The van der Waals surface area contributed by atoms with E-state index >= 15 is 0 Å². The van der Waals surface area contributed by atoms with Crippen LogP contribution in [0.3, 0.4) is 0 Å². The van der Waals surface area contributed by atoms with Crippen molar-refractivity contribution in [2.75, 3.05) is 0 Å². The molecule has 8 nitrogen and oxygen atoms in total. The zero-order valence-electron chi connectivity index (χ0n) is 19.6. The molecule has 2 aromatic carbocycles. The Labute approximate surface area is 205 Å². The number of pyridine rings is 1. The molecule has 1 fully saturated rings. The Morgan fingerprint density at radius 2 is 1.81 bits per heavy atom. The summed E-state index contributed by atoms with van der Waals surface area (Å²) in [7, 11) is 0. The van der Waals surface area contributed by atoms with E-state index in [1.54, 1.807) is 6.07 Å². The molecule has 9 heteroatoms. The predicted octanol–water partition coefficient (Wildman–Crippen LogP) is 4.41. The van der Waals surface area contributed by atoms with E-state index in [4.69, 9.17) is 5.11 Å². The second kappa shape index (κ2) is 9.41. The number of hydrogen-bond acceptors (Lipinski definition) is 4. The van der Waals surface area contributed by atoms with Crippen LogP contribution in [0.4, 0.5) is 9.18 Å². The number of fused-ring (bicyclic) bond motifs is 1. The lowest BCUT2D eigenvalue weighted by molar-refractivity contribution is 0.182. The highest BCUT2D eigenvalue weighted by atomic mass is 19.1. The quantitative estimate of drug-likeness (QED) is 0.443. The van der Waals surface area contributed by atoms with Crippen LogP contribution in [0.5, 0.6) is 0 Å². The number of nitrogens with zero attached hydrogens (tertiary/aromatic N) is 3. The smallest absolute Gasteiger partial charge is 0.404 e. The zero-order valence-corrected chi connectivity index (χ0v) is 19.6. The summed E-state index contributed by atoms with van der Waals surface area (Å²) < 4.78 is 16.7. The minimum atomic E-state index is -1.10. The van der Waals surface area contributed by atoms with Crippen molar-refractivity contribution in [1.82, 2.24) is 19.4 Å². The lowest BCUT2D eigenvalue weighted by Crippen LogP contribution is -2.45. The third-order valence-electron chi connectivity index (χ3n) is 6.84. The van der Waals surface area contributed by atoms with Gasteiger partial charge < -0.3 is 10.4 Å². The van der Waals surface area contributed by atoms with Crippen LogP contribution in [-0.2, 0) is 0 Å². The van der Waals surface area contributed by atoms with Gasteiger partial charge in [-0.1, -0.05) is 36.4 Å². The Hall–Kier alpha value is -4.27. The number of carbonyl (C=O) groups is 1. The Kier molecular flexibility index (Phi) is 6.13. The van der Waals surface area contributed by atoms with Gasteiger partial charge in [0.2, 0.25) is 0 Å². The van der Waals surface area contributed by atoms with Gasteiger partial charge in [-0.25, -0.2) is 23.5 Å². The molecule has 1 aliphatic rings. The van der Waals surface area contributed by atoms with E-state index in [-0.39, 0.29) is 17.1 Å². The van der Waals surface area contributed by atoms with Gasteiger partial charge in [-0.2, -0.15) is 0 Å². The molecule has 2 heterocycles. The van der Waals surface area contributed by atoms with Gasteiger partial charge in [0.05, 0.1) is 17.3 Å². The Balaban J connectivity index is 1.67. The SMILES string of the molecule is Cc1ccccc1-c1cccc(-n2c(=O)n([C@H]3CC[C@@H](NC(=O)O)CC3)c(=O)c3cc(F)cnc32)c1. The van der Waals surface area contributed by atoms with Gasteiger partial charge in [0.25, 0.3) is 5.56 Å². The van der Waals surface area contributed by atoms with E-state index < -0.39 is 29.2 Å². The number of nitrogens with one attached hydrogen (secondary N) is 1. The molecule has 0 aliphatic heterocycles.